The molecular formula is C14H23N3O. The minimum absolute atomic E-state index is 0.207. The lowest BCUT2D eigenvalue weighted by Gasteiger charge is -2.20. The van der Waals surface area contributed by atoms with E-state index in [0.717, 1.165) is 19.4 Å². The van der Waals surface area contributed by atoms with E-state index in [1.54, 1.807) is 0 Å². The lowest BCUT2D eigenvalue weighted by atomic mass is 10.2. The van der Waals surface area contributed by atoms with E-state index in [2.05, 4.69) is 29.8 Å². The van der Waals surface area contributed by atoms with Crippen LogP contribution in [0, 0.1) is 0 Å². The molecule has 0 saturated heterocycles. The number of aromatic nitrogens is 1. The molecule has 1 aliphatic rings. The standard InChI is InChI=1S/C14H23N3O/c1-4-15-11(2)13-6-5-9-17(13)10-14(18)16(3)12-7-8-12/h5-6,9,11-12,15H,4,7-8,10H2,1-3H3. The van der Waals surface area contributed by atoms with Gasteiger partial charge in [-0.2, -0.15) is 0 Å². The van der Waals surface area contributed by atoms with Crippen molar-refractivity contribution in [3.63, 3.8) is 0 Å². The van der Waals surface area contributed by atoms with Crippen molar-refractivity contribution >= 4 is 5.91 Å². The van der Waals surface area contributed by atoms with E-state index >= 15 is 0 Å². The van der Waals surface area contributed by atoms with Gasteiger partial charge in [0.1, 0.15) is 6.54 Å². The molecule has 1 fully saturated rings. The van der Waals surface area contributed by atoms with Crippen LogP contribution in [0.3, 0.4) is 0 Å². The second-order valence-electron chi connectivity index (χ2n) is 5.08. The summed E-state index contributed by atoms with van der Waals surface area (Å²) in [5.41, 5.74) is 1.18. The van der Waals surface area contributed by atoms with E-state index in [1.165, 1.54) is 5.69 Å². The molecule has 4 heteroatoms. The minimum atomic E-state index is 0.207. The molecule has 1 saturated carbocycles. The van der Waals surface area contributed by atoms with Gasteiger partial charge in [-0.1, -0.05) is 6.92 Å². The summed E-state index contributed by atoms with van der Waals surface area (Å²) in [4.78, 5) is 14.0. The fourth-order valence-electron chi connectivity index (χ4n) is 2.30. The average Bonchev–Trinajstić information content (AvgIpc) is 3.09. The van der Waals surface area contributed by atoms with E-state index in [0.29, 0.717) is 12.6 Å². The quantitative estimate of drug-likeness (QED) is 0.834. The third-order valence-electron chi connectivity index (χ3n) is 3.61. The minimum Gasteiger partial charge on any atom is -0.341 e. The van der Waals surface area contributed by atoms with Gasteiger partial charge in [-0.3, -0.25) is 4.79 Å². The summed E-state index contributed by atoms with van der Waals surface area (Å²) in [6.07, 6.45) is 4.31. The molecule has 0 spiro atoms. The molecule has 1 unspecified atom stereocenters. The van der Waals surface area contributed by atoms with Gasteiger partial charge in [0.2, 0.25) is 5.91 Å². The summed E-state index contributed by atoms with van der Waals surface area (Å²) >= 11 is 0. The van der Waals surface area contributed by atoms with Crippen LogP contribution >= 0.6 is 0 Å². The molecule has 18 heavy (non-hydrogen) atoms. The second kappa shape index (κ2) is 5.57. The van der Waals surface area contributed by atoms with E-state index in [9.17, 15) is 4.79 Å². The Morgan fingerprint density at radius 2 is 2.33 bits per heavy atom. The van der Waals surface area contributed by atoms with Crippen molar-refractivity contribution in [2.24, 2.45) is 0 Å². The van der Waals surface area contributed by atoms with E-state index in [-0.39, 0.29) is 11.9 Å². The van der Waals surface area contributed by atoms with E-state index < -0.39 is 0 Å². The molecule has 0 radical (unpaired) electrons. The highest BCUT2D eigenvalue weighted by Gasteiger charge is 2.29. The first-order valence-electron chi connectivity index (χ1n) is 6.77. The number of nitrogens with zero attached hydrogens (tertiary/aromatic N) is 2. The largest absolute Gasteiger partial charge is 0.341 e. The van der Waals surface area contributed by atoms with Crippen molar-refractivity contribution < 1.29 is 4.79 Å². The number of rotatable bonds is 6. The monoisotopic (exact) mass is 249 g/mol. The fraction of sp³-hybridized carbons (Fsp3) is 0.643. The van der Waals surface area contributed by atoms with Crippen LogP contribution in [-0.2, 0) is 11.3 Å². The van der Waals surface area contributed by atoms with Crippen LogP contribution in [0.4, 0.5) is 0 Å². The van der Waals surface area contributed by atoms with Crippen molar-refractivity contribution in [3.8, 4) is 0 Å². The number of nitrogens with one attached hydrogen (secondary N) is 1. The SMILES string of the molecule is CCNC(C)c1cccn1CC(=O)N(C)C1CC1. The van der Waals surface area contributed by atoms with Crippen LogP contribution in [0.2, 0.25) is 0 Å². The molecule has 2 rings (SSSR count). The Kier molecular flexibility index (Phi) is 4.07. The zero-order chi connectivity index (χ0) is 13.1. The van der Waals surface area contributed by atoms with Gasteiger partial charge >= 0.3 is 0 Å². The van der Waals surface area contributed by atoms with Crippen molar-refractivity contribution in [2.75, 3.05) is 13.6 Å². The maximum absolute atomic E-state index is 12.1. The van der Waals surface area contributed by atoms with Crippen molar-refractivity contribution in [3.05, 3.63) is 24.0 Å². The molecule has 1 amide bonds. The van der Waals surface area contributed by atoms with Crippen LogP contribution in [0.15, 0.2) is 18.3 Å². The summed E-state index contributed by atoms with van der Waals surface area (Å²) in [6.45, 7) is 5.60. The normalized spacial score (nSPS) is 16.6. The Balaban J connectivity index is 2.00. The Morgan fingerprint density at radius 1 is 1.61 bits per heavy atom. The summed E-state index contributed by atoms with van der Waals surface area (Å²) in [7, 11) is 1.91. The molecule has 4 nitrogen and oxygen atoms in total. The van der Waals surface area contributed by atoms with Crippen LogP contribution in [0.1, 0.15) is 38.4 Å². The van der Waals surface area contributed by atoms with Crippen LogP contribution in [-0.4, -0.2) is 35.0 Å². The Hall–Kier alpha value is -1.29. The van der Waals surface area contributed by atoms with Gasteiger partial charge in [0.05, 0.1) is 0 Å². The highest BCUT2D eigenvalue weighted by molar-refractivity contribution is 5.76. The predicted octanol–water partition coefficient (Wildman–Crippen LogP) is 1.78. The van der Waals surface area contributed by atoms with Gasteiger partial charge < -0.3 is 14.8 Å². The van der Waals surface area contributed by atoms with Gasteiger partial charge in [-0.25, -0.2) is 0 Å². The lowest BCUT2D eigenvalue weighted by molar-refractivity contribution is -0.131. The number of hydrogen-bond donors (Lipinski definition) is 1. The molecule has 0 aliphatic heterocycles. The van der Waals surface area contributed by atoms with Gasteiger partial charge in [0.25, 0.3) is 0 Å². The van der Waals surface area contributed by atoms with Crippen LogP contribution in [0.25, 0.3) is 0 Å². The molecule has 1 heterocycles. The molecule has 1 atom stereocenters. The van der Waals surface area contributed by atoms with Gasteiger partial charge in [-0.05, 0) is 38.4 Å². The number of amides is 1. The maximum atomic E-state index is 12.1. The maximum Gasteiger partial charge on any atom is 0.242 e. The molecule has 1 N–H and O–H groups in total. The van der Waals surface area contributed by atoms with Crippen LogP contribution in [0.5, 0.6) is 0 Å². The number of carbonyl (C=O) groups is 1. The van der Waals surface area contributed by atoms with E-state index in [1.807, 2.05) is 24.2 Å². The zero-order valence-electron chi connectivity index (χ0n) is 11.5. The summed E-state index contributed by atoms with van der Waals surface area (Å²) in [6, 6.07) is 4.86. The van der Waals surface area contributed by atoms with Crippen molar-refractivity contribution in [1.82, 2.24) is 14.8 Å². The second-order valence-corrected chi connectivity index (χ2v) is 5.08. The predicted molar refractivity (Wildman–Crippen MR) is 72.3 cm³/mol. The van der Waals surface area contributed by atoms with Crippen LogP contribution < -0.4 is 5.32 Å². The Morgan fingerprint density at radius 3 is 2.94 bits per heavy atom. The first kappa shape index (κ1) is 13.1. The van der Waals surface area contributed by atoms with Gasteiger partial charge in [-0.15, -0.1) is 0 Å². The average molecular weight is 249 g/mol. The van der Waals surface area contributed by atoms with Gasteiger partial charge in [0.15, 0.2) is 0 Å². The summed E-state index contributed by atoms with van der Waals surface area (Å²) in [5, 5.41) is 3.38. The van der Waals surface area contributed by atoms with E-state index in [4.69, 9.17) is 0 Å². The first-order chi connectivity index (χ1) is 8.63. The van der Waals surface area contributed by atoms with Gasteiger partial charge in [0, 0.05) is 31.0 Å². The molecular weight excluding hydrogens is 226 g/mol. The highest BCUT2D eigenvalue weighted by Crippen LogP contribution is 2.25. The molecule has 0 aromatic carbocycles. The molecule has 1 aromatic heterocycles. The third kappa shape index (κ3) is 2.93. The first-order valence-corrected chi connectivity index (χ1v) is 6.77. The molecule has 100 valence electrons. The Labute approximate surface area is 109 Å². The molecule has 0 bridgehead atoms. The van der Waals surface area contributed by atoms with Crippen molar-refractivity contribution in [1.29, 1.82) is 0 Å². The third-order valence-corrected chi connectivity index (χ3v) is 3.61. The van der Waals surface area contributed by atoms with Crippen molar-refractivity contribution in [2.45, 2.75) is 45.3 Å². The smallest absolute Gasteiger partial charge is 0.242 e. The molecule has 1 aliphatic carbocycles. The topological polar surface area (TPSA) is 37.3 Å². The fourth-order valence-corrected chi connectivity index (χ4v) is 2.30. The summed E-state index contributed by atoms with van der Waals surface area (Å²) < 4.78 is 2.05. The Bertz CT molecular complexity index is 409. The molecule has 1 aromatic rings. The summed E-state index contributed by atoms with van der Waals surface area (Å²) in [5.74, 6) is 0.207. The number of carbonyl (C=O) groups excluding carboxylic acids is 1. The number of hydrogen-bond acceptors (Lipinski definition) is 2. The lowest BCUT2D eigenvalue weighted by Crippen LogP contribution is -2.33. The highest BCUT2D eigenvalue weighted by atomic mass is 16.2. The number of likely N-dealkylation sites (N-methyl/N-ethyl adjacent to an activating group) is 1. The zero-order valence-corrected chi connectivity index (χ0v) is 11.5.